The Morgan fingerprint density at radius 2 is 1.15 bits per heavy atom. The molecule has 0 heterocycles. The molecule has 350 valence electrons. The topological polar surface area (TPSA) is 131 Å². The van der Waals surface area contributed by atoms with E-state index >= 15 is 0 Å². The number of carbonyl (C=O) groups excluding carboxylic acids is 2. The van der Waals surface area contributed by atoms with E-state index in [1.807, 2.05) is 33.3 Å². The van der Waals surface area contributed by atoms with E-state index in [2.05, 4.69) is 74.6 Å². The third-order valence-corrected chi connectivity index (χ3v) is 10.5. The molecule has 0 aromatic rings. The van der Waals surface area contributed by atoms with Gasteiger partial charge in [-0.1, -0.05) is 163 Å². The van der Waals surface area contributed by atoms with Crippen molar-refractivity contribution in [2.24, 2.45) is 0 Å². The van der Waals surface area contributed by atoms with Crippen LogP contribution in [0.2, 0.25) is 0 Å². The molecule has 10 nitrogen and oxygen atoms in total. The maximum atomic E-state index is 12.7. The highest BCUT2D eigenvalue weighted by Gasteiger charge is 2.22. The standard InChI is InChI=1S/C50H86NO9P/c1-6-8-10-12-14-16-18-20-22-24-26-28-30-32-34-36-38-40-49(53)57-45-48(46-59-61(55,56)58-44-43-51(3,4)5)60-50(54)42-41-47(52)39-37-35-33-31-29-27-25-23-21-19-17-15-13-11-9-7-2/h9,11,15,17,20-23,27,29,33,35,37,39,47-48,52H,6-8,10,12-14,16,18-19,24-26,28,30-32,34,36,38,40-46H2,1-5H3/b11-9-,17-15-,22-20-,23-21-,29-27-,35-33-,39-37-/t47?,48-/m1/s1. The third kappa shape index (κ3) is 45.0. The Bertz CT molecular complexity index is 1330. The molecule has 1 N–H and O–H groups in total. The zero-order valence-corrected chi connectivity index (χ0v) is 39.8. The number of phosphoric acid groups is 1. The number of nitrogens with zero attached hydrogens (tertiary/aromatic N) is 1. The van der Waals surface area contributed by atoms with E-state index < -0.39 is 38.6 Å². The van der Waals surface area contributed by atoms with Gasteiger partial charge in [0.15, 0.2) is 6.10 Å². The average molecular weight is 876 g/mol. The molecule has 0 aliphatic rings. The second kappa shape index (κ2) is 41.2. The molecule has 0 saturated heterocycles. The van der Waals surface area contributed by atoms with Crippen molar-refractivity contribution >= 4 is 19.8 Å². The molecule has 0 bridgehead atoms. The van der Waals surface area contributed by atoms with E-state index in [9.17, 15) is 24.2 Å². The zero-order chi connectivity index (χ0) is 45.1. The quantitative estimate of drug-likeness (QED) is 0.0159. The van der Waals surface area contributed by atoms with Crippen LogP contribution in [0.4, 0.5) is 0 Å². The van der Waals surface area contributed by atoms with E-state index in [-0.39, 0.29) is 32.5 Å². The summed E-state index contributed by atoms with van der Waals surface area (Å²) in [5.74, 6) is -1.13. The fourth-order valence-electron chi connectivity index (χ4n) is 5.82. The van der Waals surface area contributed by atoms with Gasteiger partial charge in [-0.2, -0.15) is 0 Å². The van der Waals surface area contributed by atoms with Crippen LogP contribution in [0.25, 0.3) is 0 Å². The summed E-state index contributed by atoms with van der Waals surface area (Å²) in [5, 5.41) is 10.4. The van der Waals surface area contributed by atoms with E-state index in [1.54, 1.807) is 12.2 Å². The largest absolute Gasteiger partial charge is 0.756 e. The fraction of sp³-hybridized carbons (Fsp3) is 0.680. The van der Waals surface area contributed by atoms with Crippen molar-refractivity contribution in [1.82, 2.24) is 0 Å². The van der Waals surface area contributed by atoms with Crippen LogP contribution in [0.15, 0.2) is 85.1 Å². The number of allylic oxidation sites excluding steroid dienone is 13. The van der Waals surface area contributed by atoms with Crippen LogP contribution in [0, 0.1) is 0 Å². The molecule has 0 aliphatic heterocycles. The summed E-state index contributed by atoms with van der Waals surface area (Å²) >= 11 is 0. The van der Waals surface area contributed by atoms with Crippen LogP contribution in [-0.4, -0.2) is 81.2 Å². The molecule has 2 unspecified atom stereocenters. The van der Waals surface area contributed by atoms with Crippen molar-refractivity contribution in [3.05, 3.63) is 85.1 Å². The normalized spacial score (nSPS) is 14.8. The highest BCUT2D eigenvalue weighted by Crippen LogP contribution is 2.38. The third-order valence-electron chi connectivity index (χ3n) is 9.52. The Morgan fingerprint density at radius 1 is 0.623 bits per heavy atom. The molecule has 0 amide bonds. The summed E-state index contributed by atoms with van der Waals surface area (Å²) in [7, 11) is 1.01. The Morgan fingerprint density at radius 3 is 1.70 bits per heavy atom. The lowest BCUT2D eigenvalue weighted by Gasteiger charge is -2.28. The lowest BCUT2D eigenvalue weighted by atomic mass is 10.1. The van der Waals surface area contributed by atoms with E-state index in [1.165, 1.54) is 64.2 Å². The number of aliphatic hydroxyl groups is 1. The number of unbranched alkanes of at least 4 members (excludes halogenated alkanes) is 13. The van der Waals surface area contributed by atoms with Gasteiger partial charge < -0.3 is 33.0 Å². The molecule has 3 atom stereocenters. The first kappa shape index (κ1) is 58.1. The van der Waals surface area contributed by atoms with Crippen molar-refractivity contribution in [3.63, 3.8) is 0 Å². The van der Waals surface area contributed by atoms with Gasteiger partial charge in [0, 0.05) is 12.8 Å². The smallest absolute Gasteiger partial charge is 0.306 e. The zero-order valence-electron chi connectivity index (χ0n) is 38.9. The summed E-state index contributed by atoms with van der Waals surface area (Å²) < 4.78 is 33.7. The van der Waals surface area contributed by atoms with Crippen molar-refractivity contribution in [1.29, 1.82) is 0 Å². The minimum atomic E-state index is -4.70. The van der Waals surface area contributed by atoms with Gasteiger partial charge in [0.25, 0.3) is 7.82 Å². The molecule has 61 heavy (non-hydrogen) atoms. The van der Waals surface area contributed by atoms with Gasteiger partial charge in [-0.25, -0.2) is 0 Å². The lowest BCUT2D eigenvalue weighted by molar-refractivity contribution is -0.870. The minimum Gasteiger partial charge on any atom is -0.756 e. The number of quaternary nitrogens is 1. The first-order valence-corrected chi connectivity index (χ1v) is 24.9. The van der Waals surface area contributed by atoms with Crippen molar-refractivity contribution in [2.75, 3.05) is 47.5 Å². The average Bonchev–Trinajstić information content (AvgIpc) is 3.21. The Kier molecular flexibility index (Phi) is 39.3. The van der Waals surface area contributed by atoms with Crippen LogP contribution in [0.3, 0.4) is 0 Å². The van der Waals surface area contributed by atoms with E-state index in [0.717, 1.165) is 57.8 Å². The van der Waals surface area contributed by atoms with Crippen LogP contribution in [0.1, 0.15) is 162 Å². The van der Waals surface area contributed by atoms with Crippen LogP contribution < -0.4 is 4.89 Å². The Hall–Kier alpha value is -2.85. The van der Waals surface area contributed by atoms with Crippen LogP contribution in [0.5, 0.6) is 0 Å². The van der Waals surface area contributed by atoms with Crippen molar-refractivity contribution in [3.8, 4) is 0 Å². The van der Waals surface area contributed by atoms with Gasteiger partial charge in [-0.15, -0.1) is 0 Å². The molecule has 0 fully saturated rings. The first-order chi connectivity index (χ1) is 29.4. The predicted molar refractivity (Wildman–Crippen MR) is 251 cm³/mol. The summed E-state index contributed by atoms with van der Waals surface area (Å²) in [4.78, 5) is 37.6. The Labute approximate surface area is 372 Å². The monoisotopic (exact) mass is 876 g/mol. The number of aliphatic hydroxyl groups excluding tert-OH is 1. The molecule has 0 aromatic heterocycles. The van der Waals surface area contributed by atoms with Crippen molar-refractivity contribution in [2.45, 2.75) is 174 Å². The lowest BCUT2D eigenvalue weighted by Crippen LogP contribution is -2.37. The molecular weight excluding hydrogens is 790 g/mol. The maximum absolute atomic E-state index is 12.7. The van der Waals surface area contributed by atoms with E-state index in [4.69, 9.17) is 18.5 Å². The highest BCUT2D eigenvalue weighted by atomic mass is 31.2. The van der Waals surface area contributed by atoms with Gasteiger partial charge in [-0.3, -0.25) is 14.2 Å². The highest BCUT2D eigenvalue weighted by molar-refractivity contribution is 7.45. The summed E-state index contributed by atoms with van der Waals surface area (Å²) in [6.07, 6.45) is 49.4. The van der Waals surface area contributed by atoms with Crippen LogP contribution in [-0.2, 0) is 32.7 Å². The SMILES string of the molecule is CC/C=C\C/C=C\C/C=C\C/C=C\C/C=C\C=C/C(O)CCC(=O)O[C@H](COC(=O)CCCCCCCCC/C=C\CCCCCCCC)COP(=O)([O-])OCC[N+](C)(C)C. The van der Waals surface area contributed by atoms with Gasteiger partial charge in [-0.05, 0) is 70.6 Å². The summed E-state index contributed by atoms with van der Waals surface area (Å²) in [6, 6.07) is 0. The number of likely N-dealkylation sites (N-methyl/N-ethyl adjacent to an activating group) is 1. The fourth-order valence-corrected chi connectivity index (χ4v) is 6.55. The second-order valence-electron chi connectivity index (χ2n) is 16.6. The van der Waals surface area contributed by atoms with Crippen molar-refractivity contribution < 1.29 is 47.2 Å². The number of carbonyl (C=O) groups is 2. The minimum absolute atomic E-state index is 0.0779. The molecule has 0 spiro atoms. The summed E-state index contributed by atoms with van der Waals surface area (Å²) in [6.45, 7) is 3.81. The second-order valence-corrected chi connectivity index (χ2v) is 18.0. The van der Waals surface area contributed by atoms with Gasteiger partial charge in [0.2, 0.25) is 0 Å². The molecule has 0 saturated carbocycles. The van der Waals surface area contributed by atoms with E-state index in [0.29, 0.717) is 17.4 Å². The molecule has 0 aromatic carbocycles. The summed E-state index contributed by atoms with van der Waals surface area (Å²) in [5.41, 5.74) is 0. The molecule has 0 radical (unpaired) electrons. The van der Waals surface area contributed by atoms with Gasteiger partial charge in [0.1, 0.15) is 19.8 Å². The van der Waals surface area contributed by atoms with Gasteiger partial charge >= 0.3 is 11.9 Å². The number of hydrogen-bond acceptors (Lipinski definition) is 9. The molecular formula is C50H86NO9P. The Balaban J connectivity index is 4.57. The molecule has 0 rings (SSSR count). The number of esters is 2. The number of rotatable bonds is 41. The molecule has 0 aliphatic carbocycles. The predicted octanol–water partition coefficient (Wildman–Crippen LogP) is 11.9. The number of phosphoric ester groups is 1. The maximum Gasteiger partial charge on any atom is 0.306 e. The first-order valence-electron chi connectivity index (χ1n) is 23.4. The molecule has 11 heteroatoms. The van der Waals surface area contributed by atoms with Gasteiger partial charge in [0.05, 0.1) is 33.9 Å². The number of ether oxygens (including phenoxy) is 2. The van der Waals surface area contributed by atoms with Crippen LogP contribution >= 0.6 is 7.82 Å². The number of hydrogen-bond donors (Lipinski definition) is 1.